The Balaban J connectivity index is 1.76. The minimum absolute atomic E-state index is 0.173. The Morgan fingerprint density at radius 3 is 2.39 bits per heavy atom. The molecule has 0 saturated heterocycles. The first kappa shape index (κ1) is 22.0. The van der Waals surface area contributed by atoms with Crippen LogP contribution in [0.15, 0.2) is 59.3 Å². The number of hydrogen-bond donors (Lipinski definition) is 4. The summed E-state index contributed by atoms with van der Waals surface area (Å²) < 4.78 is 0. The van der Waals surface area contributed by atoms with Crippen molar-refractivity contribution in [1.82, 2.24) is 10.6 Å². The number of nitrogens with one attached hydrogen (secondary N) is 3. The molecule has 0 bridgehead atoms. The van der Waals surface area contributed by atoms with Crippen molar-refractivity contribution < 1.29 is 14.4 Å². The average Bonchev–Trinajstić information content (AvgIpc) is 3.30. The average molecular weight is 437 g/mol. The van der Waals surface area contributed by atoms with Gasteiger partial charge in [0.1, 0.15) is 0 Å². The number of carbonyl (C=O) groups is 3. The Hall–Kier alpha value is -3.65. The van der Waals surface area contributed by atoms with E-state index in [0.717, 1.165) is 11.1 Å². The molecule has 0 aliphatic heterocycles. The largest absolute Gasteiger partial charge is 0.397 e. The van der Waals surface area contributed by atoms with Gasteiger partial charge in [0.15, 0.2) is 0 Å². The van der Waals surface area contributed by atoms with Crippen molar-refractivity contribution >= 4 is 40.4 Å². The normalized spacial score (nSPS) is 11.4. The molecule has 1 unspecified atom stereocenters. The maximum Gasteiger partial charge on any atom is 0.255 e. The molecule has 3 rings (SSSR count). The third-order valence-electron chi connectivity index (χ3n) is 4.85. The smallest absolute Gasteiger partial charge is 0.255 e. The van der Waals surface area contributed by atoms with Crippen molar-refractivity contribution in [3.8, 4) is 11.1 Å². The first-order valence-corrected chi connectivity index (χ1v) is 10.6. The summed E-state index contributed by atoms with van der Waals surface area (Å²) in [5.41, 5.74) is 10.2. The third-order valence-corrected chi connectivity index (χ3v) is 5.53. The van der Waals surface area contributed by atoms with E-state index in [4.69, 9.17) is 5.73 Å². The molecule has 1 atom stereocenters. The Labute approximate surface area is 184 Å². The number of hydrogen-bond acceptors (Lipinski definition) is 5. The van der Waals surface area contributed by atoms with Crippen LogP contribution < -0.4 is 21.7 Å². The van der Waals surface area contributed by atoms with Crippen LogP contribution in [0.2, 0.25) is 0 Å². The van der Waals surface area contributed by atoms with Crippen LogP contribution in [0.3, 0.4) is 0 Å². The van der Waals surface area contributed by atoms with E-state index in [1.165, 1.54) is 6.92 Å². The van der Waals surface area contributed by atoms with Crippen molar-refractivity contribution in [3.63, 3.8) is 0 Å². The minimum Gasteiger partial charge on any atom is -0.397 e. The summed E-state index contributed by atoms with van der Waals surface area (Å²) in [4.78, 5) is 36.2. The Morgan fingerprint density at radius 2 is 1.77 bits per heavy atom. The van der Waals surface area contributed by atoms with Crippen LogP contribution in [0.5, 0.6) is 0 Å². The summed E-state index contributed by atoms with van der Waals surface area (Å²) in [5, 5.41) is 12.1. The van der Waals surface area contributed by atoms with E-state index < -0.39 is 5.92 Å². The zero-order valence-electron chi connectivity index (χ0n) is 17.3. The van der Waals surface area contributed by atoms with Crippen molar-refractivity contribution in [2.24, 2.45) is 0 Å². The number of anilines is 2. The zero-order chi connectivity index (χ0) is 22.4. The number of rotatable bonds is 7. The van der Waals surface area contributed by atoms with E-state index in [0.29, 0.717) is 22.5 Å². The standard InChI is InChI=1S/C23H24N4O3S/c1-14(28)26-12-19(23(30)25-2)15-3-5-16(6-4-15)22(29)27-21-11-17(7-8-20(21)24)18-9-10-31-13-18/h3-11,13,19H,12,24H2,1-2H3,(H,25,30)(H,26,28)(H,27,29). The van der Waals surface area contributed by atoms with Gasteiger partial charge >= 0.3 is 0 Å². The topological polar surface area (TPSA) is 113 Å². The van der Waals surface area contributed by atoms with Crippen LogP contribution in [0.4, 0.5) is 11.4 Å². The van der Waals surface area contributed by atoms with Crippen LogP contribution in [-0.2, 0) is 9.59 Å². The van der Waals surface area contributed by atoms with E-state index in [1.54, 1.807) is 48.7 Å². The van der Waals surface area contributed by atoms with Gasteiger partial charge in [0.25, 0.3) is 5.91 Å². The molecule has 31 heavy (non-hydrogen) atoms. The number of benzene rings is 2. The molecule has 160 valence electrons. The second-order valence-corrected chi connectivity index (χ2v) is 7.77. The lowest BCUT2D eigenvalue weighted by Crippen LogP contribution is -2.35. The fraction of sp³-hybridized carbons (Fsp3) is 0.174. The predicted molar refractivity (Wildman–Crippen MR) is 124 cm³/mol. The summed E-state index contributed by atoms with van der Waals surface area (Å²) in [6.07, 6.45) is 0. The van der Waals surface area contributed by atoms with Gasteiger partial charge < -0.3 is 21.7 Å². The number of thiophene rings is 1. The van der Waals surface area contributed by atoms with Crippen LogP contribution in [-0.4, -0.2) is 31.3 Å². The summed E-state index contributed by atoms with van der Waals surface area (Å²) in [6, 6.07) is 14.2. The molecule has 3 aromatic rings. The first-order valence-electron chi connectivity index (χ1n) is 9.68. The maximum absolute atomic E-state index is 12.7. The van der Waals surface area contributed by atoms with Gasteiger partial charge in [-0.1, -0.05) is 18.2 Å². The highest BCUT2D eigenvalue weighted by Gasteiger charge is 2.20. The molecule has 1 heterocycles. The number of nitrogens with two attached hydrogens (primary N) is 1. The molecular formula is C23H24N4O3S. The van der Waals surface area contributed by atoms with Gasteiger partial charge in [0.2, 0.25) is 11.8 Å². The number of likely N-dealkylation sites (N-methyl/N-ethyl adjacent to an activating group) is 1. The Kier molecular flexibility index (Phi) is 7.04. The molecule has 2 aromatic carbocycles. The van der Waals surface area contributed by atoms with Crippen molar-refractivity contribution in [1.29, 1.82) is 0 Å². The van der Waals surface area contributed by atoms with Crippen molar-refractivity contribution in [2.45, 2.75) is 12.8 Å². The highest BCUT2D eigenvalue weighted by molar-refractivity contribution is 7.08. The Bertz CT molecular complexity index is 1080. The second kappa shape index (κ2) is 9.90. The molecule has 8 heteroatoms. The van der Waals surface area contributed by atoms with E-state index in [1.807, 2.05) is 29.0 Å². The third kappa shape index (κ3) is 5.49. The van der Waals surface area contributed by atoms with E-state index in [2.05, 4.69) is 16.0 Å². The monoisotopic (exact) mass is 436 g/mol. The van der Waals surface area contributed by atoms with Gasteiger partial charge in [-0.2, -0.15) is 11.3 Å². The number of carbonyl (C=O) groups excluding carboxylic acids is 3. The molecule has 1 aromatic heterocycles. The molecule has 0 spiro atoms. The SMILES string of the molecule is CNC(=O)C(CNC(C)=O)c1ccc(C(=O)Nc2cc(-c3ccsc3)ccc2N)cc1. The highest BCUT2D eigenvalue weighted by Crippen LogP contribution is 2.29. The van der Waals surface area contributed by atoms with E-state index in [-0.39, 0.29) is 24.3 Å². The van der Waals surface area contributed by atoms with Gasteiger partial charge in [-0.25, -0.2) is 0 Å². The molecule has 0 fully saturated rings. The second-order valence-electron chi connectivity index (χ2n) is 6.99. The summed E-state index contributed by atoms with van der Waals surface area (Å²) in [7, 11) is 1.54. The molecule has 5 N–H and O–H groups in total. The summed E-state index contributed by atoms with van der Waals surface area (Å²) >= 11 is 1.60. The minimum atomic E-state index is -0.552. The lowest BCUT2D eigenvalue weighted by molar-refractivity contribution is -0.122. The Morgan fingerprint density at radius 1 is 1.03 bits per heavy atom. The van der Waals surface area contributed by atoms with E-state index in [9.17, 15) is 14.4 Å². The molecule has 0 saturated carbocycles. The summed E-state index contributed by atoms with van der Waals surface area (Å²) in [5.74, 6) is -1.29. The van der Waals surface area contributed by atoms with Gasteiger partial charge in [0, 0.05) is 26.1 Å². The fourth-order valence-electron chi connectivity index (χ4n) is 3.12. The number of nitrogen functional groups attached to an aromatic ring is 1. The zero-order valence-corrected chi connectivity index (χ0v) is 18.1. The first-order chi connectivity index (χ1) is 14.9. The van der Waals surface area contributed by atoms with Gasteiger partial charge in [-0.3, -0.25) is 14.4 Å². The van der Waals surface area contributed by atoms with E-state index >= 15 is 0 Å². The molecular weight excluding hydrogens is 412 g/mol. The maximum atomic E-state index is 12.7. The quantitative estimate of drug-likeness (QED) is 0.426. The van der Waals surface area contributed by atoms with Crippen LogP contribution in [0.25, 0.3) is 11.1 Å². The van der Waals surface area contributed by atoms with Crippen LogP contribution in [0.1, 0.15) is 28.8 Å². The lowest BCUT2D eigenvalue weighted by atomic mass is 9.96. The number of amides is 3. The molecule has 0 aliphatic carbocycles. The van der Waals surface area contributed by atoms with Gasteiger partial charge in [-0.15, -0.1) is 0 Å². The predicted octanol–water partition coefficient (Wildman–Crippen LogP) is 3.22. The molecule has 3 amide bonds. The fourth-order valence-corrected chi connectivity index (χ4v) is 3.78. The highest BCUT2D eigenvalue weighted by atomic mass is 32.1. The molecule has 0 radical (unpaired) electrons. The van der Waals surface area contributed by atoms with Crippen molar-refractivity contribution in [2.75, 3.05) is 24.6 Å². The van der Waals surface area contributed by atoms with Crippen LogP contribution in [0, 0.1) is 0 Å². The summed E-state index contributed by atoms with van der Waals surface area (Å²) in [6.45, 7) is 1.57. The van der Waals surface area contributed by atoms with Gasteiger partial charge in [-0.05, 0) is 57.8 Å². The van der Waals surface area contributed by atoms with Crippen molar-refractivity contribution in [3.05, 3.63) is 70.4 Å². The molecule has 7 nitrogen and oxygen atoms in total. The van der Waals surface area contributed by atoms with Crippen LogP contribution >= 0.6 is 11.3 Å². The lowest BCUT2D eigenvalue weighted by Gasteiger charge is -2.16. The molecule has 0 aliphatic rings. The van der Waals surface area contributed by atoms with Gasteiger partial charge in [0.05, 0.1) is 17.3 Å².